The number of para-hydroxylation sites is 2. The Morgan fingerprint density at radius 3 is 1.48 bits per heavy atom. The van der Waals surface area contributed by atoms with Crippen molar-refractivity contribution in [3.63, 3.8) is 0 Å². The lowest BCUT2D eigenvalue weighted by Crippen LogP contribution is -2.59. The minimum atomic E-state index is -2.10. The van der Waals surface area contributed by atoms with Crippen molar-refractivity contribution in [2.24, 2.45) is 0 Å². The van der Waals surface area contributed by atoms with E-state index in [9.17, 15) is 19.8 Å². The van der Waals surface area contributed by atoms with E-state index in [1.54, 1.807) is 60.7 Å². The van der Waals surface area contributed by atoms with Gasteiger partial charge in [0.25, 0.3) is 0 Å². The predicted molar refractivity (Wildman–Crippen MR) is 80.4 cm³/mol. The lowest BCUT2D eigenvalue weighted by molar-refractivity contribution is -0.180. The summed E-state index contributed by atoms with van der Waals surface area (Å²) in [6, 6.07) is 16.4. The van der Waals surface area contributed by atoms with E-state index in [2.05, 4.69) is 0 Å². The van der Waals surface area contributed by atoms with Crippen molar-refractivity contribution in [1.29, 1.82) is 0 Å². The van der Waals surface area contributed by atoms with Gasteiger partial charge in [-0.3, -0.25) is 0 Å². The SMILES string of the molecule is CC(Oc1ccccc1)(Oc1ccccc1)N(C(=O)O)C(=O)O. The minimum Gasteiger partial charge on any atom is -0.464 e. The van der Waals surface area contributed by atoms with E-state index in [0.29, 0.717) is 0 Å². The zero-order valence-electron chi connectivity index (χ0n) is 12.2. The Hall–Kier alpha value is -3.22. The van der Waals surface area contributed by atoms with Gasteiger partial charge in [-0.05, 0) is 24.3 Å². The van der Waals surface area contributed by atoms with Crippen LogP contribution >= 0.6 is 0 Å². The van der Waals surface area contributed by atoms with Crippen LogP contribution in [0.3, 0.4) is 0 Å². The first-order chi connectivity index (χ1) is 10.9. The molecule has 0 heterocycles. The zero-order chi connectivity index (χ0) is 16.9. The van der Waals surface area contributed by atoms with Gasteiger partial charge in [-0.2, -0.15) is 0 Å². The maximum Gasteiger partial charge on any atom is 0.423 e. The second-order valence-electron chi connectivity index (χ2n) is 4.63. The van der Waals surface area contributed by atoms with Gasteiger partial charge in [0, 0.05) is 6.92 Å². The van der Waals surface area contributed by atoms with E-state index >= 15 is 0 Å². The maximum atomic E-state index is 11.4. The summed E-state index contributed by atoms with van der Waals surface area (Å²) in [5.74, 6) is -1.57. The molecule has 23 heavy (non-hydrogen) atoms. The van der Waals surface area contributed by atoms with Crippen molar-refractivity contribution in [3.8, 4) is 11.5 Å². The second kappa shape index (κ2) is 6.69. The second-order valence-corrected chi connectivity index (χ2v) is 4.63. The van der Waals surface area contributed by atoms with E-state index in [4.69, 9.17) is 9.47 Å². The fraction of sp³-hybridized carbons (Fsp3) is 0.125. The summed E-state index contributed by atoms with van der Waals surface area (Å²) in [6.45, 7) is 1.22. The maximum absolute atomic E-state index is 11.4. The molecule has 0 saturated heterocycles. The number of ether oxygens (including phenoxy) is 2. The molecule has 2 rings (SSSR count). The monoisotopic (exact) mass is 317 g/mol. The highest BCUT2D eigenvalue weighted by Crippen LogP contribution is 2.26. The Bertz CT molecular complexity index is 618. The number of carbonyl (C=O) groups is 2. The summed E-state index contributed by atoms with van der Waals surface area (Å²) >= 11 is 0. The fourth-order valence-corrected chi connectivity index (χ4v) is 1.96. The molecule has 120 valence electrons. The van der Waals surface area contributed by atoms with Crippen LogP contribution in [0.5, 0.6) is 11.5 Å². The highest BCUT2D eigenvalue weighted by Gasteiger charge is 2.45. The summed E-state index contributed by atoms with van der Waals surface area (Å²) < 4.78 is 11.1. The molecule has 0 aromatic heterocycles. The first-order valence-electron chi connectivity index (χ1n) is 6.66. The minimum absolute atomic E-state index is 0.0625. The van der Waals surface area contributed by atoms with Gasteiger partial charge >= 0.3 is 18.1 Å². The number of hydrogen-bond acceptors (Lipinski definition) is 4. The van der Waals surface area contributed by atoms with Crippen LogP contribution in [0.2, 0.25) is 0 Å². The molecule has 2 N–H and O–H groups in total. The standard InChI is InChI=1S/C16H15NO6/c1-16(17(14(18)19)15(20)21,22-12-8-4-2-5-9-12)23-13-10-6-3-7-11-13/h2-11H,1H3,(H,18,19)(H,20,21). The van der Waals surface area contributed by atoms with Crippen molar-refractivity contribution in [3.05, 3.63) is 60.7 Å². The van der Waals surface area contributed by atoms with Gasteiger partial charge in [-0.1, -0.05) is 36.4 Å². The molecule has 0 aliphatic rings. The average molecular weight is 317 g/mol. The molecule has 0 bridgehead atoms. The molecule has 0 atom stereocenters. The van der Waals surface area contributed by atoms with Gasteiger partial charge in [-0.15, -0.1) is 4.90 Å². The Labute approximate surface area is 132 Å². The van der Waals surface area contributed by atoms with Gasteiger partial charge < -0.3 is 19.7 Å². The topological polar surface area (TPSA) is 96.3 Å². The van der Waals surface area contributed by atoms with Crippen molar-refractivity contribution in [2.75, 3.05) is 0 Å². The number of imide groups is 1. The van der Waals surface area contributed by atoms with Crippen LogP contribution in [0.1, 0.15) is 6.92 Å². The van der Waals surface area contributed by atoms with Crippen LogP contribution in [0.15, 0.2) is 60.7 Å². The van der Waals surface area contributed by atoms with Crippen LogP contribution in [-0.2, 0) is 0 Å². The third kappa shape index (κ3) is 3.91. The number of benzene rings is 2. The quantitative estimate of drug-likeness (QED) is 0.820. The lowest BCUT2D eigenvalue weighted by Gasteiger charge is -2.35. The van der Waals surface area contributed by atoms with Crippen LogP contribution in [-0.4, -0.2) is 33.2 Å². The summed E-state index contributed by atoms with van der Waals surface area (Å²) in [5.41, 5.74) is 0. The average Bonchev–Trinajstić information content (AvgIpc) is 2.47. The van der Waals surface area contributed by atoms with Crippen molar-refractivity contribution in [1.82, 2.24) is 4.90 Å². The molecular formula is C16H15NO6. The molecule has 0 unspecified atom stereocenters. The van der Waals surface area contributed by atoms with Crippen LogP contribution in [0.25, 0.3) is 0 Å². The van der Waals surface area contributed by atoms with Crippen molar-refractivity contribution < 1.29 is 29.3 Å². The highest BCUT2D eigenvalue weighted by molar-refractivity contribution is 5.86. The van der Waals surface area contributed by atoms with E-state index in [0.717, 1.165) is 0 Å². The van der Waals surface area contributed by atoms with E-state index in [-0.39, 0.29) is 16.4 Å². The first kappa shape index (κ1) is 16.2. The number of amides is 2. The van der Waals surface area contributed by atoms with E-state index in [1.807, 2.05) is 0 Å². The smallest absolute Gasteiger partial charge is 0.423 e. The molecule has 0 aliphatic carbocycles. The third-order valence-electron chi connectivity index (χ3n) is 2.89. The van der Waals surface area contributed by atoms with Gasteiger partial charge in [0.1, 0.15) is 11.5 Å². The molecule has 0 spiro atoms. The Balaban J connectivity index is 2.40. The number of hydrogen-bond donors (Lipinski definition) is 2. The molecule has 0 saturated carbocycles. The molecule has 2 aromatic rings. The van der Waals surface area contributed by atoms with Crippen molar-refractivity contribution in [2.45, 2.75) is 12.8 Å². The molecule has 0 aliphatic heterocycles. The Morgan fingerprint density at radius 1 is 0.826 bits per heavy atom. The summed E-state index contributed by atoms with van der Waals surface area (Å²) in [7, 11) is 0. The Morgan fingerprint density at radius 2 is 1.17 bits per heavy atom. The van der Waals surface area contributed by atoms with E-state index < -0.39 is 18.1 Å². The molecule has 7 nitrogen and oxygen atoms in total. The summed E-state index contributed by atoms with van der Waals surface area (Å²) in [6.07, 6.45) is -3.43. The number of carboxylic acid groups (broad SMARTS) is 2. The molecule has 7 heteroatoms. The summed E-state index contributed by atoms with van der Waals surface area (Å²) in [5, 5.41) is 18.4. The fourth-order valence-electron chi connectivity index (χ4n) is 1.96. The normalized spacial score (nSPS) is 10.7. The van der Waals surface area contributed by atoms with Gasteiger partial charge in [0.15, 0.2) is 0 Å². The third-order valence-corrected chi connectivity index (χ3v) is 2.89. The number of nitrogens with zero attached hydrogens (tertiary/aromatic N) is 1. The van der Waals surface area contributed by atoms with Crippen LogP contribution < -0.4 is 9.47 Å². The highest BCUT2D eigenvalue weighted by atomic mass is 16.7. The predicted octanol–water partition coefficient (Wildman–Crippen LogP) is 3.48. The van der Waals surface area contributed by atoms with Gasteiger partial charge in [0.05, 0.1) is 0 Å². The molecule has 2 amide bonds. The summed E-state index contributed by atoms with van der Waals surface area (Å²) in [4.78, 5) is 22.8. The zero-order valence-corrected chi connectivity index (χ0v) is 12.2. The van der Waals surface area contributed by atoms with E-state index in [1.165, 1.54) is 6.92 Å². The largest absolute Gasteiger partial charge is 0.464 e. The first-order valence-corrected chi connectivity index (χ1v) is 6.66. The van der Waals surface area contributed by atoms with Gasteiger partial charge in [0.2, 0.25) is 0 Å². The van der Waals surface area contributed by atoms with Gasteiger partial charge in [-0.25, -0.2) is 9.59 Å². The molecule has 0 radical (unpaired) electrons. The molecular weight excluding hydrogens is 302 g/mol. The van der Waals surface area contributed by atoms with Crippen LogP contribution in [0.4, 0.5) is 9.59 Å². The molecule has 2 aromatic carbocycles. The van der Waals surface area contributed by atoms with Crippen molar-refractivity contribution >= 4 is 12.2 Å². The lowest BCUT2D eigenvalue weighted by atomic mass is 10.3. The molecule has 0 fully saturated rings. The van der Waals surface area contributed by atoms with Crippen LogP contribution in [0, 0.1) is 0 Å². The Kier molecular flexibility index (Phi) is 4.70. The number of rotatable bonds is 5.